The summed E-state index contributed by atoms with van der Waals surface area (Å²) in [6.07, 6.45) is 2.58. The minimum atomic E-state index is -0.676. The Morgan fingerprint density at radius 1 is 0.562 bits per heavy atom. The largest absolute Gasteiger partial charge is 0.315 e. The summed E-state index contributed by atoms with van der Waals surface area (Å²) in [5.74, 6) is 4.72. The molecule has 0 aliphatic carbocycles. The van der Waals surface area contributed by atoms with Gasteiger partial charge in [-0.25, -0.2) is 0 Å². The molecule has 0 spiro atoms. The average Bonchev–Trinajstić information content (AvgIpc) is 3.83. The molecule has 0 radical (unpaired) electrons. The van der Waals surface area contributed by atoms with Crippen LogP contribution in [0.5, 0.6) is 0 Å². The maximum absolute atomic E-state index is 15.2. The number of hydrogen-bond donors (Lipinski definition) is 1. The summed E-state index contributed by atoms with van der Waals surface area (Å²) in [4.78, 5) is 46.1. The highest BCUT2D eigenvalue weighted by molar-refractivity contribution is 7.98. The molecule has 1 atom stereocenters. The third kappa shape index (κ3) is 3.85. The highest BCUT2D eigenvalue weighted by atomic mass is 32.2. The molecule has 10 nitrogen and oxygen atoms in total. The number of rotatable bonds is 3. The van der Waals surface area contributed by atoms with Gasteiger partial charge in [-0.15, -0.1) is 4.68 Å². The van der Waals surface area contributed by atoms with Gasteiger partial charge in [0.1, 0.15) is 6.04 Å². The first-order chi connectivity index (χ1) is 23.7. The van der Waals surface area contributed by atoms with Gasteiger partial charge in [-0.1, -0.05) is 68.5 Å². The van der Waals surface area contributed by atoms with Crippen molar-refractivity contribution in [2.75, 3.05) is 12.0 Å². The third-order valence-corrected chi connectivity index (χ3v) is 9.81. The van der Waals surface area contributed by atoms with Crippen molar-refractivity contribution in [3.05, 3.63) is 142 Å². The van der Waals surface area contributed by atoms with Crippen LogP contribution in [0.1, 0.15) is 50.9 Å². The predicted octanol–water partition coefficient (Wildman–Crippen LogP) is 4.02. The minimum absolute atomic E-state index is 0.194. The summed E-state index contributed by atoms with van der Waals surface area (Å²) in [6, 6.07) is 31.1. The van der Waals surface area contributed by atoms with E-state index >= 15 is 4.79 Å². The van der Waals surface area contributed by atoms with Gasteiger partial charge >= 0.3 is 5.91 Å². The zero-order chi connectivity index (χ0) is 31.9. The van der Waals surface area contributed by atoms with E-state index in [0.717, 1.165) is 50.3 Å². The maximum atomic E-state index is 15.2. The molecule has 228 valence electrons. The molecule has 0 fully saturated rings. The number of fused-ring (bicyclic) bond motifs is 16. The van der Waals surface area contributed by atoms with Gasteiger partial charge in [-0.3, -0.25) is 10.2 Å². The average molecular weight is 644 g/mol. The fraction of sp³-hybridized carbons (Fsp3) is 0.108. The molecule has 6 heterocycles. The smallest absolute Gasteiger partial charge is 0.261 e. The first-order valence-corrected chi connectivity index (χ1v) is 17.1. The number of benzene rings is 4. The highest BCUT2D eigenvalue weighted by Crippen LogP contribution is 2.30. The zero-order valence-electron chi connectivity index (χ0n) is 25.6. The number of aliphatic imine (C=N–C) groups is 6. The zero-order valence-corrected chi connectivity index (χ0v) is 26.4. The van der Waals surface area contributed by atoms with E-state index in [0.29, 0.717) is 53.1 Å². The Kier molecular flexibility index (Phi) is 5.83. The lowest BCUT2D eigenvalue weighted by Crippen LogP contribution is -2.51. The van der Waals surface area contributed by atoms with Gasteiger partial charge in [-0.05, 0) is 67.0 Å². The van der Waals surface area contributed by atoms with Gasteiger partial charge in [0.15, 0.2) is 0 Å². The third-order valence-electron chi connectivity index (χ3n) is 9.17. The van der Waals surface area contributed by atoms with Crippen LogP contribution in [0.3, 0.4) is 0 Å². The minimum Gasteiger partial charge on any atom is -0.261 e. The van der Waals surface area contributed by atoms with Crippen LogP contribution in [0.2, 0.25) is 0 Å². The van der Waals surface area contributed by atoms with Crippen molar-refractivity contribution in [1.82, 2.24) is 5.43 Å². The number of nitrogens with one attached hydrogen (secondary N) is 1. The van der Waals surface area contributed by atoms with E-state index in [4.69, 9.17) is 30.0 Å². The Morgan fingerprint density at radius 3 is 1.56 bits per heavy atom. The van der Waals surface area contributed by atoms with Gasteiger partial charge in [0.25, 0.3) is 23.3 Å². The molecule has 0 unspecified atom stereocenters. The molecule has 0 saturated heterocycles. The Balaban J connectivity index is 1.39. The lowest BCUT2D eigenvalue weighted by Gasteiger charge is -2.19. The number of hydrazine groups is 1. The van der Waals surface area contributed by atoms with E-state index in [2.05, 4.69) is 5.43 Å². The van der Waals surface area contributed by atoms with Crippen LogP contribution >= 0.6 is 11.8 Å². The van der Waals surface area contributed by atoms with Crippen molar-refractivity contribution in [2.24, 2.45) is 30.0 Å². The molecule has 6 bridgehead atoms. The quantitative estimate of drug-likeness (QED) is 0.341. The Labute approximate surface area is 279 Å². The lowest BCUT2D eigenvalue weighted by molar-refractivity contribution is -0.484. The first kappa shape index (κ1) is 27.2. The lowest BCUT2D eigenvalue weighted by atomic mass is 10.1. The normalized spacial score (nSPS) is 19.4. The Bertz CT molecular complexity index is 2450. The van der Waals surface area contributed by atoms with Crippen LogP contribution in [0, 0.1) is 0 Å². The standard InChI is InChI=1S/C37H24N9OS/c1-48-19-18-28-37(47)45-33-24-14-6-7-15-25(24)34(45)41-30-21-11-3-5-13-23(21)32(39-30)43-36-27-17-9-8-16-26(27)35(46(36)44-28)42-31-22-12-4-2-10-20(22)29(38-31)40-33/h2-17,28H,18-19H2,1H3/q+1/p+1/t28-/m0/s1. The summed E-state index contributed by atoms with van der Waals surface area (Å²) < 4.78 is 3.52. The molecular weight excluding hydrogens is 619 g/mol. The SMILES string of the molecule is CSCC[C@@H]1N[N+]2=C3N=C4N=C(N=C5c6ccccc6C(=[N+]5C1=O)N=C1N=C(N=C2c2ccccc23)c2ccccc21)c1ccccc14. The molecule has 10 rings (SSSR count). The monoisotopic (exact) mass is 643 g/mol. The summed E-state index contributed by atoms with van der Waals surface area (Å²) in [7, 11) is 0. The number of amidine groups is 8. The van der Waals surface area contributed by atoms with Crippen molar-refractivity contribution in [3.63, 3.8) is 0 Å². The van der Waals surface area contributed by atoms with E-state index in [-0.39, 0.29) is 5.91 Å². The molecule has 4 aromatic carbocycles. The fourth-order valence-electron chi connectivity index (χ4n) is 6.92. The maximum Gasteiger partial charge on any atom is 0.315 e. The van der Waals surface area contributed by atoms with Crippen LogP contribution < -0.4 is 5.43 Å². The van der Waals surface area contributed by atoms with Crippen LogP contribution in [-0.4, -0.2) is 79.9 Å². The molecule has 1 amide bonds. The second kappa shape index (κ2) is 10.3. The molecule has 0 saturated carbocycles. The predicted molar refractivity (Wildman–Crippen MR) is 189 cm³/mol. The summed E-state index contributed by atoms with van der Waals surface area (Å²) in [5.41, 5.74) is 10.3. The van der Waals surface area contributed by atoms with E-state index < -0.39 is 6.04 Å². The summed E-state index contributed by atoms with van der Waals surface area (Å²) >= 11 is 1.69. The number of hydrogen-bond acceptors (Lipinski definition) is 9. The van der Waals surface area contributed by atoms with Gasteiger partial charge < -0.3 is 0 Å². The highest BCUT2D eigenvalue weighted by Gasteiger charge is 2.46. The summed E-state index contributed by atoms with van der Waals surface area (Å²) in [6.45, 7) is 0. The molecule has 1 N–H and O–H groups in total. The number of carbonyl (C=O) groups is 1. The molecule has 11 heteroatoms. The number of nitrogens with zero attached hydrogens (tertiary/aromatic N) is 8. The second-order valence-corrected chi connectivity index (χ2v) is 12.9. The topological polar surface area (TPSA) is 109 Å². The second-order valence-electron chi connectivity index (χ2n) is 11.9. The fourth-order valence-corrected chi connectivity index (χ4v) is 7.39. The molecule has 48 heavy (non-hydrogen) atoms. The summed E-state index contributed by atoms with van der Waals surface area (Å²) in [5, 5.41) is 0. The van der Waals surface area contributed by atoms with Crippen molar-refractivity contribution < 1.29 is 14.1 Å². The molecule has 4 aromatic rings. The first-order valence-electron chi connectivity index (χ1n) is 15.7. The molecule has 6 aliphatic heterocycles. The van der Waals surface area contributed by atoms with Crippen LogP contribution in [-0.2, 0) is 4.79 Å². The molecule has 0 aromatic heterocycles. The van der Waals surface area contributed by atoms with Crippen molar-refractivity contribution >= 4 is 64.4 Å². The van der Waals surface area contributed by atoms with E-state index in [1.807, 2.05) is 108 Å². The number of carbonyl (C=O) groups excluding carboxylic acids is 1. The van der Waals surface area contributed by atoms with Gasteiger partial charge in [0.2, 0.25) is 23.3 Å². The van der Waals surface area contributed by atoms with E-state index in [1.54, 1.807) is 16.3 Å². The Morgan fingerprint density at radius 2 is 1.00 bits per heavy atom. The van der Waals surface area contributed by atoms with Crippen molar-refractivity contribution in [3.8, 4) is 0 Å². The number of thioether (sulfide) groups is 1. The van der Waals surface area contributed by atoms with Crippen LogP contribution in [0.25, 0.3) is 0 Å². The molecular formula is C37H25N9OS+2. The van der Waals surface area contributed by atoms with Crippen LogP contribution in [0.4, 0.5) is 0 Å². The number of amides is 1. The van der Waals surface area contributed by atoms with Gasteiger partial charge in [0, 0.05) is 22.3 Å². The number of hydrazone groups is 1. The Hall–Kier alpha value is -5.94. The van der Waals surface area contributed by atoms with Crippen molar-refractivity contribution in [1.29, 1.82) is 0 Å². The van der Waals surface area contributed by atoms with E-state index in [9.17, 15) is 0 Å². The van der Waals surface area contributed by atoms with Gasteiger partial charge in [-0.2, -0.15) is 26.3 Å². The molecule has 6 aliphatic rings. The van der Waals surface area contributed by atoms with E-state index in [1.165, 1.54) is 0 Å². The van der Waals surface area contributed by atoms with Gasteiger partial charge in [0.05, 0.1) is 22.3 Å². The van der Waals surface area contributed by atoms with Crippen LogP contribution in [0.15, 0.2) is 127 Å². The van der Waals surface area contributed by atoms with Crippen molar-refractivity contribution in [2.45, 2.75) is 12.5 Å².